The first-order valence-corrected chi connectivity index (χ1v) is 4.49. The zero-order valence-corrected chi connectivity index (χ0v) is 7.33. The summed E-state index contributed by atoms with van der Waals surface area (Å²) in [7, 11) is 0. The van der Waals surface area contributed by atoms with Gasteiger partial charge in [-0.3, -0.25) is 4.98 Å². The summed E-state index contributed by atoms with van der Waals surface area (Å²) in [6.07, 6.45) is 4.63. The molecule has 12 heavy (non-hydrogen) atoms. The summed E-state index contributed by atoms with van der Waals surface area (Å²) in [4.78, 5) is 4.31. The van der Waals surface area contributed by atoms with Crippen LogP contribution in [0.4, 0.5) is 0 Å². The molecule has 1 saturated carbocycles. The van der Waals surface area contributed by atoms with Gasteiger partial charge in [0.25, 0.3) is 0 Å². The van der Waals surface area contributed by atoms with E-state index < -0.39 is 0 Å². The van der Waals surface area contributed by atoms with Crippen LogP contribution < -0.4 is 5.73 Å². The Balaban J connectivity index is 2.18. The average molecular weight is 162 g/mol. The van der Waals surface area contributed by atoms with Gasteiger partial charge < -0.3 is 5.73 Å². The Morgan fingerprint density at radius 3 is 2.67 bits per heavy atom. The summed E-state index contributed by atoms with van der Waals surface area (Å²) >= 11 is 0. The van der Waals surface area contributed by atoms with Crippen LogP contribution in [0.25, 0.3) is 0 Å². The van der Waals surface area contributed by atoms with E-state index in [1.165, 1.54) is 18.4 Å². The molecule has 1 fully saturated rings. The van der Waals surface area contributed by atoms with Crippen molar-refractivity contribution in [2.45, 2.75) is 31.7 Å². The van der Waals surface area contributed by atoms with Gasteiger partial charge in [-0.25, -0.2) is 0 Å². The minimum absolute atomic E-state index is 0.0539. The van der Waals surface area contributed by atoms with Gasteiger partial charge in [0.2, 0.25) is 0 Å². The van der Waals surface area contributed by atoms with Gasteiger partial charge in [0.1, 0.15) is 0 Å². The topological polar surface area (TPSA) is 38.9 Å². The molecular formula is C10H14N2. The highest BCUT2D eigenvalue weighted by Gasteiger charge is 2.23. The molecule has 2 rings (SSSR count). The maximum atomic E-state index is 5.69. The van der Waals surface area contributed by atoms with Crippen molar-refractivity contribution in [3.63, 3.8) is 0 Å². The van der Waals surface area contributed by atoms with Crippen LogP contribution in [0.3, 0.4) is 0 Å². The third kappa shape index (κ3) is 1.48. The third-order valence-electron chi connectivity index (χ3n) is 2.32. The van der Waals surface area contributed by atoms with Crippen molar-refractivity contribution < 1.29 is 0 Å². The molecule has 1 aliphatic rings. The minimum Gasteiger partial charge on any atom is -0.323 e. The van der Waals surface area contributed by atoms with Gasteiger partial charge >= 0.3 is 0 Å². The van der Waals surface area contributed by atoms with Crippen LogP contribution in [0.15, 0.2) is 18.3 Å². The van der Waals surface area contributed by atoms with Crippen LogP contribution in [0.1, 0.15) is 43.0 Å². The van der Waals surface area contributed by atoms with Crippen molar-refractivity contribution >= 4 is 0 Å². The number of aromatic nitrogens is 1. The van der Waals surface area contributed by atoms with Gasteiger partial charge in [-0.2, -0.15) is 0 Å². The number of nitrogens with two attached hydrogens (primary N) is 1. The zero-order valence-electron chi connectivity index (χ0n) is 7.33. The van der Waals surface area contributed by atoms with Crippen molar-refractivity contribution in [3.8, 4) is 0 Å². The third-order valence-corrected chi connectivity index (χ3v) is 2.32. The first kappa shape index (κ1) is 7.74. The molecule has 2 N–H and O–H groups in total. The molecule has 1 aromatic heterocycles. The monoisotopic (exact) mass is 162 g/mol. The fourth-order valence-corrected chi connectivity index (χ4v) is 1.34. The van der Waals surface area contributed by atoms with E-state index >= 15 is 0 Å². The Kier molecular flexibility index (Phi) is 1.85. The van der Waals surface area contributed by atoms with Crippen LogP contribution in [0.2, 0.25) is 0 Å². The van der Waals surface area contributed by atoms with E-state index in [1.54, 1.807) is 0 Å². The van der Waals surface area contributed by atoms with Crippen LogP contribution in [0, 0.1) is 0 Å². The summed E-state index contributed by atoms with van der Waals surface area (Å²) in [6, 6.07) is 4.25. The highest BCUT2D eigenvalue weighted by atomic mass is 14.8. The molecule has 0 radical (unpaired) electrons. The lowest BCUT2D eigenvalue weighted by atomic mass is 10.1. The molecule has 0 unspecified atom stereocenters. The number of pyridine rings is 1. The molecular weight excluding hydrogens is 148 g/mol. The van der Waals surface area contributed by atoms with Gasteiger partial charge in [0.15, 0.2) is 0 Å². The van der Waals surface area contributed by atoms with E-state index in [0.29, 0.717) is 0 Å². The summed E-state index contributed by atoms with van der Waals surface area (Å²) in [6.45, 7) is 1.96. The highest BCUT2D eigenvalue weighted by Crippen LogP contribution is 2.39. The normalized spacial score (nSPS) is 19.2. The molecule has 1 aliphatic carbocycles. The van der Waals surface area contributed by atoms with E-state index in [-0.39, 0.29) is 6.04 Å². The Hall–Kier alpha value is -0.890. The van der Waals surface area contributed by atoms with E-state index in [0.717, 1.165) is 11.6 Å². The van der Waals surface area contributed by atoms with Gasteiger partial charge in [-0.1, -0.05) is 6.07 Å². The molecule has 1 aromatic rings. The van der Waals surface area contributed by atoms with Crippen LogP contribution in [-0.2, 0) is 0 Å². The summed E-state index contributed by atoms with van der Waals surface area (Å²) in [5.74, 6) is 0.791. The molecule has 0 aliphatic heterocycles. The Labute approximate surface area is 72.8 Å². The van der Waals surface area contributed by atoms with Crippen LogP contribution in [-0.4, -0.2) is 4.98 Å². The van der Waals surface area contributed by atoms with E-state index in [1.807, 2.05) is 19.2 Å². The molecule has 0 saturated heterocycles. The molecule has 0 bridgehead atoms. The molecule has 0 spiro atoms. The SMILES string of the molecule is C[C@H](N)c1ccc(C2CC2)cn1. The molecule has 1 heterocycles. The van der Waals surface area contributed by atoms with Gasteiger partial charge in [-0.05, 0) is 37.3 Å². The van der Waals surface area contributed by atoms with Crippen LogP contribution in [0.5, 0.6) is 0 Å². The number of rotatable bonds is 2. The van der Waals surface area contributed by atoms with Crippen molar-refractivity contribution in [2.24, 2.45) is 5.73 Å². The van der Waals surface area contributed by atoms with Crippen molar-refractivity contribution in [2.75, 3.05) is 0 Å². The quantitative estimate of drug-likeness (QED) is 0.722. The van der Waals surface area contributed by atoms with Crippen LogP contribution >= 0.6 is 0 Å². The summed E-state index contributed by atoms with van der Waals surface area (Å²) in [5, 5.41) is 0. The highest BCUT2D eigenvalue weighted by molar-refractivity contribution is 5.22. The Morgan fingerprint density at radius 1 is 1.50 bits per heavy atom. The predicted octanol–water partition coefficient (Wildman–Crippen LogP) is 1.98. The fraction of sp³-hybridized carbons (Fsp3) is 0.500. The first-order valence-electron chi connectivity index (χ1n) is 4.49. The van der Waals surface area contributed by atoms with Gasteiger partial charge in [-0.15, -0.1) is 0 Å². The smallest absolute Gasteiger partial charge is 0.0568 e. The van der Waals surface area contributed by atoms with E-state index in [4.69, 9.17) is 5.73 Å². The maximum Gasteiger partial charge on any atom is 0.0568 e. The van der Waals surface area contributed by atoms with Crippen molar-refractivity contribution in [1.29, 1.82) is 0 Å². The number of hydrogen-bond acceptors (Lipinski definition) is 2. The molecule has 2 heteroatoms. The lowest BCUT2D eigenvalue weighted by molar-refractivity contribution is 0.778. The second kappa shape index (κ2) is 2.87. The molecule has 0 amide bonds. The summed E-state index contributed by atoms with van der Waals surface area (Å²) < 4.78 is 0. The standard InChI is InChI=1S/C10H14N2/c1-7(11)10-5-4-9(6-12-10)8-2-3-8/h4-8H,2-3,11H2,1H3/t7-/m0/s1. The Bertz CT molecular complexity index is 239. The van der Waals surface area contributed by atoms with Gasteiger partial charge in [0.05, 0.1) is 5.69 Å². The second-order valence-electron chi connectivity index (χ2n) is 3.58. The number of nitrogens with zero attached hydrogens (tertiary/aromatic N) is 1. The lowest BCUT2D eigenvalue weighted by Gasteiger charge is -2.04. The molecule has 0 aromatic carbocycles. The molecule has 64 valence electrons. The first-order chi connectivity index (χ1) is 5.77. The number of hydrogen-bond donors (Lipinski definition) is 1. The zero-order chi connectivity index (χ0) is 8.55. The summed E-state index contributed by atoms with van der Waals surface area (Å²) in [5.41, 5.74) is 8.05. The van der Waals surface area contributed by atoms with Crippen molar-refractivity contribution in [3.05, 3.63) is 29.6 Å². The molecule has 2 nitrogen and oxygen atoms in total. The Morgan fingerprint density at radius 2 is 2.25 bits per heavy atom. The van der Waals surface area contributed by atoms with E-state index in [9.17, 15) is 0 Å². The second-order valence-corrected chi connectivity index (χ2v) is 3.58. The lowest BCUT2D eigenvalue weighted by Crippen LogP contribution is -2.06. The fourth-order valence-electron chi connectivity index (χ4n) is 1.34. The van der Waals surface area contributed by atoms with E-state index in [2.05, 4.69) is 11.1 Å². The molecule has 1 atom stereocenters. The van der Waals surface area contributed by atoms with Crippen molar-refractivity contribution in [1.82, 2.24) is 4.98 Å². The largest absolute Gasteiger partial charge is 0.323 e. The maximum absolute atomic E-state index is 5.69. The predicted molar refractivity (Wildman–Crippen MR) is 48.8 cm³/mol. The average Bonchev–Trinajstić information content (AvgIpc) is 2.87. The van der Waals surface area contributed by atoms with Gasteiger partial charge in [0, 0.05) is 12.2 Å². The minimum atomic E-state index is 0.0539.